The number of aromatic nitrogens is 1. The Balaban J connectivity index is 1.62. The van der Waals surface area contributed by atoms with Crippen molar-refractivity contribution in [3.8, 4) is 0 Å². The number of thiocarbonyl (C=S) groups is 1. The summed E-state index contributed by atoms with van der Waals surface area (Å²) in [7, 11) is -3.80. The summed E-state index contributed by atoms with van der Waals surface area (Å²) in [5.41, 5.74) is 1.01. The van der Waals surface area contributed by atoms with Crippen LogP contribution < -0.4 is 0 Å². The lowest BCUT2D eigenvalue weighted by atomic mass is 10.1. The van der Waals surface area contributed by atoms with Crippen molar-refractivity contribution in [3.63, 3.8) is 0 Å². The number of nitrogens with zero attached hydrogens (tertiary/aromatic N) is 1. The number of hydrogen-bond acceptors (Lipinski definition) is 5. The summed E-state index contributed by atoms with van der Waals surface area (Å²) in [4.78, 5) is 5.50. The maximum absolute atomic E-state index is 10.6. The zero-order valence-corrected chi connectivity index (χ0v) is 15.4. The molecule has 0 radical (unpaired) electrons. The van der Waals surface area contributed by atoms with Gasteiger partial charge in [0.15, 0.2) is 0 Å². The average molecular weight is 372 g/mol. The number of thiazole rings is 1. The SMILES string of the molecule is O=S(=O)(O)CCCCCCCCC(=S)c1nc2ccccc2s1. The summed E-state index contributed by atoms with van der Waals surface area (Å²) in [6.07, 6.45) is 6.41. The van der Waals surface area contributed by atoms with Crippen molar-refractivity contribution >= 4 is 48.8 Å². The highest BCUT2D eigenvalue weighted by molar-refractivity contribution is 7.85. The van der Waals surface area contributed by atoms with Gasteiger partial charge in [-0.25, -0.2) is 4.98 Å². The maximum atomic E-state index is 10.6. The first-order valence-electron chi connectivity index (χ1n) is 7.80. The van der Waals surface area contributed by atoms with E-state index in [0.717, 1.165) is 53.9 Å². The molecule has 0 aliphatic carbocycles. The normalized spacial score (nSPS) is 11.9. The Labute approximate surface area is 146 Å². The Bertz CT molecular complexity index is 720. The van der Waals surface area contributed by atoms with E-state index in [2.05, 4.69) is 11.1 Å². The molecule has 0 aliphatic heterocycles. The highest BCUT2D eigenvalue weighted by Crippen LogP contribution is 2.23. The van der Waals surface area contributed by atoms with E-state index in [0.29, 0.717) is 6.42 Å². The van der Waals surface area contributed by atoms with Crippen molar-refractivity contribution in [1.82, 2.24) is 4.98 Å². The molecule has 1 heterocycles. The molecular formula is C16H21NO3S3. The molecule has 1 N–H and O–H groups in total. The monoisotopic (exact) mass is 371 g/mol. The van der Waals surface area contributed by atoms with Gasteiger partial charge in [-0.1, -0.05) is 50.0 Å². The number of hydrogen-bond donors (Lipinski definition) is 1. The second kappa shape index (κ2) is 8.82. The number of fused-ring (bicyclic) bond motifs is 1. The molecule has 4 nitrogen and oxygen atoms in total. The van der Waals surface area contributed by atoms with Crippen molar-refractivity contribution < 1.29 is 13.0 Å². The van der Waals surface area contributed by atoms with Crippen molar-refractivity contribution in [2.24, 2.45) is 0 Å². The smallest absolute Gasteiger partial charge is 0.264 e. The van der Waals surface area contributed by atoms with Crippen LogP contribution in [0, 0.1) is 0 Å². The lowest BCUT2D eigenvalue weighted by molar-refractivity contribution is 0.478. The standard InChI is InChI=1S/C16H21NO3S3/c18-23(19,20)12-8-4-2-1-3-5-10-14(21)16-17-13-9-6-7-11-15(13)22-16/h6-7,9,11H,1-5,8,10,12H2,(H,18,19,20). The molecule has 0 spiro atoms. The Morgan fingerprint density at radius 1 is 1.09 bits per heavy atom. The van der Waals surface area contributed by atoms with Crippen LogP contribution in [-0.4, -0.2) is 28.6 Å². The first kappa shape index (κ1) is 18.4. The van der Waals surface area contributed by atoms with E-state index in [1.165, 1.54) is 4.70 Å². The van der Waals surface area contributed by atoms with E-state index in [4.69, 9.17) is 16.8 Å². The van der Waals surface area contributed by atoms with Crippen molar-refractivity contribution in [3.05, 3.63) is 29.3 Å². The predicted octanol–water partition coefficient (Wildman–Crippen LogP) is 4.63. The second-order valence-corrected chi connectivity index (χ2v) is 8.66. The molecule has 2 aromatic rings. The minimum absolute atomic E-state index is 0.130. The molecule has 1 aromatic carbocycles. The first-order chi connectivity index (χ1) is 11.0. The summed E-state index contributed by atoms with van der Waals surface area (Å²) in [6, 6.07) is 8.06. The molecule has 0 atom stereocenters. The van der Waals surface area contributed by atoms with Crippen LogP contribution in [-0.2, 0) is 10.1 Å². The van der Waals surface area contributed by atoms with Gasteiger partial charge < -0.3 is 0 Å². The zero-order chi connectivity index (χ0) is 16.7. The quantitative estimate of drug-likeness (QED) is 0.285. The molecule has 1 aromatic heterocycles. The third-order valence-electron chi connectivity index (χ3n) is 3.59. The van der Waals surface area contributed by atoms with Crippen molar-refractivity contribution in [1.29, 1.82) is 0 Å². The van der Waals surface area contributed by atoms with E-state index in [9.17, 15) is 8.42 Å². The molecule has 0 aliphatic rings. The predicted molar refractivity (Wildman–Crippen MR) is 100 cm³/mol. The van der Waals surface area contributed by atoms with Gasteiger partial charge in [0.05, 0.1) is 20.8 Å². The molecule has 2 rings (SSSR count). The summed E-state index contributed by atoms with van der Waals surface area (Å²) >= 11 is 7.13. The Morgan fingerprint density at radius 2 is 1.74 bits per heavy atom. The Kier molecular flexibility index (Phi) is 7.08. The van der Waals surface area contributed by atoms with Crippen LogP contribution in [0.5, 0.6) is 0 Å². The molecule has 0 saturated heterocycles. The number of unbranched alkanes of at least 4 members (excludes halogenated alkanes) is 5. The minimum atomic E-state index is -3.80. The number of para-hydroxylation sites is 1. The molecule has 126 valence electrons. The van der Waals surface area contributed by atoms with Crippen LogP contribution in [0.1, 0.15) is 50.0 Å². The second-order valence-electron chi connectivity index (χ2n) is 5.57. The van der Waals surface area contributed by atoms with Gasteiger partial charge in [-0.05, 0) is 31.4 Å². The van der Waals surface area contributed by atoms with Crippen LogP contribution in [0.4, 0.5) is 0 Å². The van der Waals surface area contributed by atoms with Crippen LogP contribution in [0.25, 0.3) is 10.2 Å². The minimum Gasteiger partial charge on any atom is -0.286 e. The van der Waals surface area contributed by atoms with Gasteiger partial charge in [0.25, 0.3) is 10.1 Å². The van der Waals surface area contributed by atoms with Crippen LogP contribution in [0.2, 0.25) is 0 Å². The summed E-state index contributed by atoms with van der Waals surface area (Å²) in [5, 5.41) is 0.953. The van der Waals surface area contributed by atoms with Crippen LogP contribution in [0.15, 0.2) is 24.3 Å². The topological polar surface area (TPSA) is 67.3 Å². The fourth-order valence-electron chi connectivity index (χ4n) is 2.38. The van der Waals surface area contributed by atoms with Crippen molar-refractivity contribution in [2.45, 2.75) is 44.9 Å². The number of benzene rings is 1. The molecule has 0 bridgehead atoms. The first-order valence-corrected chi connectivity index (χ1v) is 10.6. The average Bonchev–Trinajstić information content (AvgIpc) is 2.92. The van der Waals surface area contributed by atoms with E-state index >= 15 is 0 Å². The van der Waals surface area contributed by atoms with Crippen molar-refractivity contribution in [2.75, 3.05) is 5.75 Å². The molecule has 0 amide bonds. The van der Waals surface area contributed by atoms with E-state index in [1.54, 1.807) is 11.3 Å². The molecule has 23 heavy (non-hydrogen) atoms. The third kappa shape index (κ3) is 6.63. The summed E-state index contributed by atoms with van der Waals surface area (Å²) in [6.45, 7) is 0. The van der Waals surface area contributed by atoms with E-state index < -0.39 is 10.1 Å². The van der Waals surface area contributed by atoms with Crippen LogP contribution >= 0.6 is 23.6 Å². The summed E-state index contributed by atoms with van der Waals surface area (Å²) in [5.74, 6) is -0.130. The number of rotatable bonds is 10. The van der Waals surface area contributed by atoms with Gasteiger partial charge in [-0.3, -0.25) is 4.55 Å². The Morgan fingerprint density at radius 3 is 2.43 bits per heavy atom. The largest absolute Gasteiger partial charge is 0.286 e. The third-order valence-corrected chi connectivity index (χ3v) is 6.02. The van der Waals surface area contributed by atoms with Gasteiger partial charge in [0, 0.05) is 0 Å². The van der Waals surface area contributed by atoms with Gasteiger partial charge in [-0.15, -0.1) is 11.3 Å². The molecule has 0 unspecified atom stereocenters. The lowest BCUT2D eigenvalue weighted by Gasteiger charge is -2.02. The highest BCUT2D eigenvalue weighted by atomic mass is 32.2. The molecule has 0 fully saturated rings. The van der Waals surface area contributed by atoms with Gasteiger partial charge in [-0.2, -0.15) is 8.42 Å². The van der Waals surface area contributed by atoms with Gasteiger partial charge >= 0.3 is 0 Å². The molecular weight excluding hydrogens is 350 g/mol. The van der Waals surface area contributed by atoms with E-state index in [1.807, 2.05) is 18.2 Å². The molecule has 0 saturated carbocycles. The fourth-order valence-corrected chi connectivity index (χ4v) is 4.19. The maximum Gasteiger partial charge on any atom is 0.264 e. The zero-order valence-electron chi connectivity index (χ0n) is 12.9. The molecule has 7 heteroatoms. The summed E-state index contributed by atoms with van der Waals surface area (Å²) < 4.78 is 31.0. The Hall–Kier alpha value is -0.890. The van der Waals surface area contributed by atoms with Gasteiger partial charge in [0.2, 0.25) is 0 Å². The fraction of sp³-hybridized carbons (Fsp3) is 0.500. The lowest BCUT2D eigenvalue weighted by Crippen LogP contribution is -2.03. The van der Waals surface area contributed by atoms with Crippen LogP contribution in [0.3, 0.4) is 0 Å². The van der Waals surface area contributed by atoms with E-state index in [-0.39, 0.29) is 5.75 Å². The van der Waals surface area contributed by atoms with Gasteiger partial charge in [0.1, 0.15) is 5.01 Å². The highest BCUT2D eigenvalue weighted by Gasteiger charge is 2.08.